The minimum absolute atomic E-state index is 0.0796. The molecule has 1 saturated heterocycles. The highest BCUT2D eigenvalue weighted by Crippen LogP contribution is 2.38. The molecule has 9 aromatic heterocycles. The molecular weight excluding hydrogens is 1600 g/mol. The number of aryl methyl sites for hydroxylation is 1. The fourth-order valence-corrected chi connectivity index (χ4v) is 14.7. The Labute approximate surface area is 731 Å². The molecule has 0 unspecified atom stereocenters. The molecule has 10 heterocycles. The first kappa shape index (κ1) is 89.0. The number of nitrogens with one attached hydrogen (secondary N) is 1. The van der Waals surface area contributed by atoms with Crippen LogP contribution < -0.4 is 43.6 Å². The third kappa shape index (κ3) is 23.5. The highest BCUT2D eigenvalue weighted by molar-refractivity contribution is 6.31. The average Bonchev–Trinajstić information content (AvgIpc) is 1.56. The van der Waals surface area contributed by atoms with Crippen LogP contribution in [0.3, 0.4) is 0 Å². The summed E-state index contributed by atoms with van der Waals surface area (Å²) in [6, 6.07) is 63.9. The molecule has 0 bridgehead atoms. The fraction of sp³-hybridized carbons (Fsp3) is 0.200. The molecule has 5 aromatic carbocycles. The van der Waals surface area contributed by atoms with Crippen LogP contribution in [0.25, 0.3) is 63.5 Å². The number of anilines is 1. The van der Waals surface area contributed by atoms with Gasteiger partial charge in [-0.15, -0.1) is 0 Å². The number of H-pyrrole nitrogens is 1. The second-order valence-corrected chi connectivity index (χ2v) is 29.9. The minimum atomic E-state index is -0.190. The number of ether oxygens (including phenoxy) is 7. The first-order chi connectivity index (χ1) is 60.6. The van der Waals surface area contributed by atoms with E-state index in [1.807, 2.05) is 139 Å². The summed E-state index contributed by atoms with van der Waals surface area (Å²) in [4.78, 5) is 65.4. The second-order valence-electron chi connectivity index (χ2n) is 29.0. The van der Waals surface area contributed by atoms with Gasteiger partial charge in [0.15, 0.2) is 12.6 Å². The lowest BCUT2D eigenvalue weighted by atomic mass is 10.1. The predicted molar refractivity (Wildman–Crippen MR) is 489 cm³/mol. The maximum absolute atomic E-state index is 11.4. The van der Waals surface area contributed by atoms with Gasteiger partial charge in [-0.2, -0.15) is 5.10 Å². The molecule has 0 spiro atoms. The van der Waals surface area contributed by atoms with Gasteiger partial charge < -0.3 is 52.7 Å². The lowest BCUT2D eigenvalue weighted by Gasteiger charge is -2.27. The molecule has 2 aliphatic rings. The van der Waals surface area contributed by atoms with E-state index in [0.717, 1.165) is 103 Å². The summed E-state index contributed by atoms with van der Waals surface area (Å²) in [5, 5.41) is 15.6. The monoisotopic (exact) mass is 1700 g/mol. The van der Waals surface area contributed by atoms with Crippen LogP contribution >= 0.6 is 23.2 Å². The van der Waals surface area contributed by atoms with E-state index in [4.69, 9.17) is 56.4 Å². The minimum Gasteiger partial charge on any atom is -0.507 e. The van der Waals surface area contributed by atoms with Crippen LogP contribution in [0.1, 0.15) is 130 Å². The fourth-order valence-electron chi connectivity index (χ4n) is 14.4. The highest BCUT2D eigenvalue weighted by atomic mass is 35.5. The van der Waals surface area contributed by atoms with Crippen LogP contribution in [0.15, 0.2) is 280 Å². The summed E-state index contributed by atoms with van der Waals surface area (Å²) in [5.41, 5.74) is 16.3. The van der Waals surface area contributed by atoms with Crippen molar-refractivity contribution in [2.45, 2.75) is 104 Å². The van der Waals surface area contributed by atoms with Crippen molar-refractivity contribution < 1.29 is 47.9 Å². The first-order valence-corrected chi connectivity index (χ1v) is 41.3. The van der Waals surface area contributed by atoms with E-state index in [1.54, 1.807) is 106 Å². The van der Waals surface area contributed by atoms with Gasteiger partial charge in [0.1, 0.15) is 67.5 Å². The number of phenolic OH excluding ortho intramolecular Hbond substituents is 1. The number of methoxy groups -OCH3 is 2. The lowest BCUT2D eigenvalue weighted by molar-refractivity contribution is 0.110. The van der Waals surface area contributed by atoms with Crippen molar-refractivity contribution in [3.63, 3.8) is 0 Å². The molecule has 2 N–H and O–H groups in total. The zero-order valence-corrected chi connectivity index (χ0v) is 71.2. The molecule has 1 aliphatic carbocycles. The number of hydrogen-bond donors (Lipinski definition) is 2. The van der Waals surface area contributed by atoms with Crippen LogP contribution in [0, 0.1) is 6.92 Å². The van der Waals surface area contributed by atoms with Crippen molar-refractivity contribution in [2.24, 2.45) is 0 Å². The van der Waals surface area contributed by atoms with E-state index in [9.17, 15) is 19.5 Å². The third-order valence-corrected chi connectivity index (χ3v) is 21.1. The molecule has 14 aromatic rings. The Kier molecular flexibility index (Phi) is 32.2. The summed E-state index contributed by atoms with van der Waals surface area (Å²) in [5.74, 6) is 3.86. The van der Waals surface area contributed by atoms with E-state index in [1.165, 1.54) is 49.9 Å². The summed E-state index contributed by atoms with van der Waals surface area (Å²) < 4.78 is 44.1. The number of aromatic hydroxyl groups is 1. The molecule has 22 nitrogen and oxygen atoms in total. The maximum Gasteiger partial charge on any atom is 0.248 e. The molecule has 632 valence electrons. The largest absolute Gasteiger partial charge is 0.507 e. The van der Waals surface area contributed by atoms with Crippen molar-refractivity contribution in [3.05, 3.63) is 352 Å². The van der Waals surface area contributed by atoms with Gasteiger partial charge in [-0.05, 0) is 149 Å². The number of carbonyl (C=O) groups is 2. The predicted octanol–water partition coefficient (Wildman–Crippen LogP) is 22.1. The van der Waals surface area contributed by atoms with E-state index in [0.29, 0.717) is 106 Å². The van der Waals surface area contributed by atoms with Gasteiger partial charge in [0.05, 0.1) is 77.9 Å². The Bertz CT molecular complexity index is 5970. The zero-order chi connectivity index (χ0) is 87.1. The Morgan fingerprint density at radius 1 is 0.500 bits per heavy atom. The van der Waals surface area contributed by atoms with Crippen molar-refractivity contribution in [2.75, 3.05) is 32.3 Å². The summed E-state index contributed by atoms with van der Waals surface area (Å²) in [7, 11) is 3.15. The van der Waals surface area contributed by atoms with Gasteiger partial charge in [0.25, 0.3) is 0 Å². The van der Waals surface area contributed by atoms with Gasteiger partial charge in [-0.1, -0.05) is 159 Å². The molecule has 16 rings (SSSR count). The van der Waals surface area contributed by atoms with Gasteiger partial charge in [-0.25, -0.2) is 9.97 Å². The number of halogens is 2. The van der Waals surface area contributed by atoms with E-state index in [2.05, 4.69) is 126 Å². The molecular formula is C100H97Cl2N11O11. The Hall–Kier alpha value is -14.2. The molecule has 1 saturated carbocycles. The van der Waals surface area contributed by atoms with Crippen LogP contribution in [0.5, 0.6) is 46.3 Å². The van der Waals surface area contributed by atoms with E-state index >= 15 is 0 Å². The number of aldehydes is 2. The number of nitrogens with zero attached hydrogens (tertiary/aromatic N) is 10. The first-order valence-electron chi connectivity index (χ1n) is 40.5. The van der Waals surface area contributed by atoms with Crippen LogP contribution in [0.2, 0.25) is 10.0 Å². The quantitative estimate of drug-likeness (QED) is 0.0413. The lowest BCUT2D eigenvalue weighted by Crippen LogP contribution is -2.34. The number of phenols is 1. The number of para-hydroxylation sites is 1. The van der Waals surface area contributed by atoms with Crippen molar-refractivity contribution in [1.82, 2.24) is 49.2 Å². The van der Waals surface area contributed by atoms with Crippen molar-refractivity contribution in [3.8, 4) is 91.5 Å². The number of carbonyl (C=O) groups excluding carboxylic acids is 2. The topological polar surface area (TPSA) is 255 Å². The highest BCUT2D eigenvalue weighted by Gasteiger charge is 2.27. The van der Waals surface area contributed by atoms with Crippen LogP contribution in [-0.2, 0) is 26.4 Å². The van der Waals surface area contributed by atoms with Gasteiger partial charge >= 0.3 is 0 Å². The maximum atomic E-state index is 11.4. The molecule has 1 atom stereocenters. The normalized spacial score (nSPS) is 12.6. The van der Waals surface area contributed by atoms with Crippen LogP contribution in [-0.4, -0.2) is 100 Å². The van der Waals surface area contributed by atoms with E-state index < -0.39 is 0 Å². The number of aromatic amines is 1. The number of rotatable bonds is 29. The van der Waals surface area contributed by atoms with Crippen LogP contribution in [0.4, 0.5) is 5.69 Å². The number of pyridine rings is 7. The van der Waals surface area contributed by atoms with Gasteiger partial charge in [-0.3, -0.25) is 39.0 Å². The zero-order valence-electron chi connectivity index (χ0n) is 69.7. The van der Waals surface area contributed by atoms with Gasteiger partial charge in [0.2, 0.25) is 17.3 Å². The third-order valence-electron chi connectivity index (χ3n) is 20.7. The molecule has 0 amide bonds. The number of aromatic nitrogens is 10. The number of benzene rings is 5. The Morgan fingerprint density at radius 3 is 1.60 bits per heavy atom. The molecule has 0 radical (unpaired) electrons. The van der Waals surface area contributed by atoms with Crippen molar-refractivity contribution in [1.29, 1.82) is 0 Å². The SMILES string of the molecule is C=Cc1cc(=O)[nH]cc1OCc1cccnc1-c1ccnn1C(C)C.C=Cc1cc(OC)ncc1OCc1cccnc1-c1ccc(Cl)cc1.C=Cc1cc(OC)ncc1OCc1cccnc1-c1cccc(Cl)c1.Cc1cccc(OC[C@@H]2CCCN2c2ccccc2)c1C=O.O=Cc1c(O)cccc1OCc1cccnc1-c1cccn1C1CCCC1. The molecule has 2 fully saturated rings. The summed E-state index contributed by atoms with van der Waals surface area (Å²) >= 11 is 12.1. The number of hydrogen-bond acceptors (Lipinski definition) is 19. The Balaban J connectivity index is 0.000000142. The van der Waals surface area contributed by atoms with Crippen molar-refractivity contribution >= 4 is 59.7 Å². The average molecular weight is 1700 g/mol. The molecule has 124 heavy (non-hydrogen) atoms. The Morgan fingerprint density at radius 2 is 1.03 bits per heavy atom. The standard InChI is InChI=1S/C22H22N2O3.2C20H17ClN2O2.C19H20N4O2.C19H21NO2/c25-14-18-20(26)10-3-11-21(18)27-15-16-6-4-12-23-22(16)19-9-5-13-24(19)17-7-1-2-8-17;1-3-14-11-19(24-2)23-12-18(14)25-13-16-7-5-9-22-20(16)15-6-4-8-17(21)10-15;1-3-14-11-19(24-2)23-12-18(14)25-13-16-5-4-10-22-20(16)15-6-8-17(21)9-7-15;1-4-14-10-18(24)21-11-17(14)25-12-15-6-5-8-20-19(15)16-7-9-22-23(16)13(2)3;1-15-7-5-11-19(18(15)13-21)22-14-17-10-6-12-20(17)16-8-3-2-4-9-16/h3-6,9-14,17,26H,1-2,7-8,15H2;2*3-12H,1,13H2,2H3;4-11,13H,1,12H2,2-3H3,(H,21,24);2-5,7-9,11,13,17H,6,10,12,14H2,1H3/t;;;;17-/m....0/s1. The summed E-state index contributed by atoms with van der Waals surface area (Å²) in [6.07, 6.45) is 29.5. The second kappa shape index (κ2) is 44.9. The molecule has 24 heteroatoms. The van der Waals surface area contributed by atoms with E-state index in [-0.39, 0.29) is 29.5 Å². The molecule has 1 aliphatic heterocycles. The smallest absolute Gasteiger partial charge is 0.248 e. The summed E-state index contributed by atoms with van der Waals surface area (Å²) in [6.45, 7) is 20.4. The van der Waals surface area contributed by atoms with Gasteiger partial charge in [0, 0.05) is 146 Å².